The van der Waals surface area contributed by atoms with Crippen LogP contribution in [0.25, 0.3) is 0 Å². The van der Waals surface area contributed by atoms with Gasteiger partial charge in [0.1, 0.15) is 0 Å². The Morgan fingerprint density at radius 2 is 2.12 bits per heavy atom. The molecule has 0 fully saturated rings. The van der Waals surface area contributed by atoms with E-state index >= 15 is 0 Å². The number of nitrogens with zero attached hydrogens (tertiary/aromatic N) is 1. The number of nitrogens with one attached hydrogen (secondary N) is 2. The predicted molar refractivity (Wildman–Crippen MR) is 68.1 cm³/mol. The Bertz CT molecular complexity index is 433. The van der Waals surface area contributed by atoms with Crippen LogP contribution in [0.2, 0.25) is 0 Å². The maximum Gasteiger partial charge on any atom is 0.216 e. The van der Waals surface area contributed by atoms with E-state index in [0.29, 0.717) is 6.54 Å². The molecule has 0 amide bonds. The summed E-state index contributed by atoms with van der Waals surface area (Å²) in [7, 11) is -1.58. The second-order valence-corrected chi connectivity index (χ2v) is 6.17. The molecule has 0 radical (unpaired) electrons. The van der Waals surface area contributed by atoms with Gasteiger partial charge in [0.2, 0.25) is 10.0 Å². The zero-order valence-corrected chi connectivity index (χ0v) is 11.2. The molecule has 0 aliphatic carbocycles. The van der Waals surface area contributed by atoms with Gasteiger partial charge in [-0.25, -0.2) is 13.1 Å². The van der Waals surface area contributed by atoms with Gasteiger partial charge in [0.15, 0.2) is 0 Å². The van der Waals surface area contributed by atoms with Crippen molar-refractivity contribution >= 4 is 10.0 Å². The number of hydrogen-bond donors (Lipinski definition) is 2. The molecule has 1 rings (SSSR count). The highest BCUT2D eigenvalue weighted by molar-refractivity contribution is 7.90. The van der Waals surface area contributed by atoms with Gasteiger partial charge < -0.3 is 5.32 Å². The molecule has 0 saturated heterocycles. The molecule has 5 nitrogen and oxygen atoms in total. The van der Waals surface area contributed by atoms with Gasteiger partial charge in [-0.3, -0.25) is 4.98 Å². The SMILES string of the molecule is CNCC(C)S(=O)(=O)NC(C)c1cccnc1. The van der Waals surface area contributed by atoms with Gasteiger partial charge in [0, 0.05) is 25.0 Å². The zero-order valence-electron chi connectivity index (χ0n) is 10.3. The van der Waals surface area contributed by atoms with Gasteiger partial charge in [-0.2, -0.15) is 0 Å². The van der Waals surface area contributed by atoms with E-state index in [4.69, 9.17) is 0 Å². The van der Waals surface area contributed by atoms with E-state index in [1.54, 1.807) is 39.4 Å². The summed E-state index contributed by atoms with van der Waals surface area (Å²) >= 11 is 0. The summed E-state index contributed by atoms with van der Waals surface area (Å²) in [5.41, 5.74) is 0.854. The first-order chi connectivity index (χ1) is 7.97. The molecule has 0 aromatic carbocycles. The molecule has 2 atom stereocenters. The topological polar surface area (TPSA) is 71.1 Å². The Balaban J connectivity index is 2.71. The largest absolute Gasteiger partial charge is 0.318 e. The smallest absolute Gasteiger partial charge is 0.216 e. The quantitative estimate of drug-likeness (QED) is 0.786. The molecule has 0 aliphatic rings. The van der Waals surface area contributed by atoms with Gasteiger partial charge in [-0.05, 0) is 32.5 Å². The average molecular weight is 257 g/mol. The van der Waals surface area contributed by atoms with Crippen molar-refractivity contribution in [1.82, 2.24) is 15.0 Å². The lowest BCUT2D eigenvalue weighted by atomic mass is 10.2. The second-order valence-electron chi connectivity index (χ2n) is 4.04. The summed E-state index contributed by atoms with van der Waals surface area (Å²) < 4.78 is 26.5. The van der Waals surface area contributed by atoms with Crippen molar-refractivity contribution in [1.29, 1.82) is 0 Å². The summed E-state index contributed by atoms with van der Waals surface area (Å²) in [5.74, 6) is 0. The van der Waals surface area contributed by atoms with Crippen LogP contribution in [0.1, 0.15) is 25.5 Å². The predicted octanol–water partition coefficient (Wildman–Crippen LogP) is 0.670. The van der Waals surface area contributed by atoms with Crippen LogP contribution < -0.4 is 10.0 Å². The fourth-order valence-corrected chi connectivity index (χ4v) is 2.71. The Labute approximate surface area is 103 Å². The Hall–Kier alpha value is -0.980. The standard InChI is InChI=1S/C11H19N3O2S/c1-9(7-12-3)17(15,16)14-10(2)11-5-4-6-13-8-11/h4-6,8-10,12,14H,7H2,1-3H3. The van der Waals surface area contributed by atoms with E-state index in [1.807, 2.05) is 6.07 Å². The first kappa shape index (κ1) is 14.1. The molecular formula is C11H19N3O2S. The lowest BCUT2D eigenvalue weighted by Crippen LogP contribution is -2.39. The third kappa shape index (κ3) is 4.07. The number of sulfonamides is 1. The third-order valence-electron chi connectivity index (χ3n) is 2.55. The fourth-order valence-electron chi connectivity index (χ4n) is 1.46. The van der Waals surface area contributed by atoms with Crippen LogP contribution in [-0.2, 0) is 10.0 Å². The number of aromatic nitrogens is 1. The van der Waals surface area contributed by atoms with E-state index in [9.17, 15) is 8.42 Å². The van der Waals surface area contributed by atoms with Crippen molar-refractivity contribution in [2.24, 2.45) is 0 Å². The van der Waals surface area contributed by atoms with Gasteiger partial charge in [-0.1, -0.05) is 6.07 Å². The van der Waals surface area contributed by atoms with Crippen LogP contribution in [-0.4, -0.2) is 32.2 Å². The first-order valence-corrected chi connectivity index (χ1v) is 7.07. The van der Waals surface area contributed by atoms with E-state index in [0.717, 1.165) is 5.56 Å². The molecule has 0 spiro atoms. The highest BCUT2D eigenvalue weighted by Crippen LogP contribution is 2.12. The molecular weight excluding hydrogens is 238 g/mol. The minimum Gasteiger partial charge on any atom is -0.318 e. The second kappa shape index (κ2) is 6.09. The number of rotatable bonds is 6. The number of hydrogen-bond acceptors (Lipinski definition) is 4. The van der Waals surface area contributed by atoms with Crippen LogP contribution >= 0.6 is 0 Å². The third-order valence-corrected chi connectivity index (χ3v) is 4.45. The summed E-state index contributed by atoms with van der Waals surface area (Å²) in [5, 5.41) is 2.39. The summed E-state index contributed by atoms with van der Waals surface area (Å²) in [6, 6.07) is 3.37. The Morgan fingerprint density at radius 1 is 1.41 bits per heavy atom. The normalized spacial score (nSPS) is 15.5. The summed E-state index contributed by atoms with van der Waals surface area (Å²) in [6.07, 6.45) is 3.32. The molecule has 6 heteroatoms. The lowest BCUT2D eigenvalue weighted by Gasteiger charge is -2.18. The van der Waals surface area contributed by atoms with Gasteiger partial charge in [0.25, 0.3) is 0 Å². The van der Waals surface area contributed by atoms with Gasteiger partial charge in [0.05, 0.1) is 5.25 Å². The van der Waals surface area contributed by atoms with E-state index in [-0.39, 0.29) is 6.04 Å². The maximum absolute atomic E-state index is 11.9. The van der Waals surface area contributed by atoms with Crippen molar-refractivity contribution in [2.75, 3.05) is 13.6 Å². The van der Waals surface area contributed by atoms with Crippen LogP contribution in [0, 0.1) is 0 Å². The van der Waals surface area contributed by atoms with Crippen molar-refractivity contribution < 1.29 is 8.42 Å². The monoisotopic (exact) mass is 257 g/mol. The van der Waals surface area contributed by atoms with Crippen LogP contribution in [0.4, 0.5) is 0 Å². The summed E-state index contributed by atoms with van der Waals surface area (Å²) in [4.78, 5) is 3.97. The number of pyridine rings is 1. The van der Waals surface area contributed by atoms with Crippen LogP contribution in [0.3, 0.4) is 0 Å². The molecule has 2 N–H and O–H groups in total. The molecule has 1 aromatic heterocycles. The van der Waals surface area contributed by atoms with Crippen molar-refractivity contribution in [3.63, 3.8) is 0 Å². The Kier molecular flexibility index (Phi) is 5.04. The molecule has 2 unspecified atom stereocenters. The molecule has 1 heterocycles. The average Bonchev–Trinajstić information content (AvgIpc) is 2.30. The molecule has 0 aliphatic heterocycles. The lowest BCUT2D eigenvalue weighted by molar-refractivity contribution is 0.549. The minimum absolute atomic E-state index is 0.270. The van der Waals surface area contributed by atoms with Crippen LogP contribution in [0.5, 0.6) is 0 Å². The van der Waals surface area contributed by atoms with Crippen molar-refractivity contribution in [3.05, 3.63) is 30.1 Å². The maximum atomic E-state index is 11.9. The van der Waals surface area contributed by atoms with Crippen molar-refractivity contribution in [2.45, 2.75) is 25.1 Å². The first-order valence-electron chi connectivity index (χ1n) is 5.53. The Morgan fingerprint density at radius 3 is 2.65 bits per heavy atom. The molecule has 0 saturated carbocycles. The molecule has 0 bridgehead atoms. The molecule has 17 heavy (non-hydrogen) atoms. The molecule has 1 aromatic rings. The van der Waals surface area contributed by atoms with E-state index < -0.39 is 15.3 Å². The fraction of sp³-hybridized carbons (Fsp3) is 0.545. The van der Waals surface area contributed by atoms with Crippen molar-refractivity contribution in [3.8, 4) is 0 Å². The van der Waals surface area contributed by atoms with Gasteiger partial charge >= 0.3 is 0 Å². The highest BCUT2D eigenvalue weighted by Gasteiger charge is 2.22. The minimum atomic E-state index is -3.31. The van der Waals surface area contributed by atoms with Gasteiger partial charge in [-0.15, -0.1) is 0 Å². The van der Waals surface area contributed by atoms with E-state index in [1.165, 1.54) is 0 Å². The molecule has 96 valence electrons. The highest BCUT2D eigenvalue weighted by atomic mass is 32.2. The summed E-state index contributed by atoms with van der Waals surface area (Å²) in [6.45, 7) is 3.91. The van der Waals surface area contributed by atoms with Crippen LogP contribution in [0.15, 0.2) is 24.5 Å². The zero-order chi connectivity index (χ0) is 12.9. The van der Waals surface area contributed by atoms with E-state index in [2.05, 4.69) is 15.0 Å².